The van der Waals surface area contributed by atoms with Gasteiger partial charge in [0.15, 0.2) is 5.13 Å². The van der Waals surface area contributed by atoms with Crippen LogP contribution in [0.5, 0.6) is 0 Å². The van der Waals surface area contributed by atoms with E-state index in [0.717, 1.165) is 27.8 Å². The fourth-order valence-electron chi connectivity index (χ4n) is 3.56. The Morgan fingerprint density at radius 3 is 2.39 bits per heavy atom. The second kappa shape index (κ2) is 9.33. The summed E-state index contributed by atoms with van der Waals surface area (Å²) in [5.41, 5.74) is 3.64. The monoisotopic (exact) mass is 479 g/mol. The van der Waals surface area contributed by atoms with Crippen molar-refractivity contribution < 1.29 is 13.2 Å². The van der Waals surface area contributed by atoms with Gasteiger partial charge in [-0.3, -0.25) is 14.8 Å². The van der Waals surface area contributed by atoms with Crippen LogP contribution in [0.1, 0.15) is 35.3 Å². The lowest BCUT2D eigenvalue weighted by Crippen LogP contribution is -2.13. The zero-order valence-corrected chi connectivity index (χ0v) is 20.3. The quantitative estimate of drug-likeness (QED) is 0.348. The average molecular weight is 480 g/mol. The fourth-order valence-corrected chi connectivity index (χ4v) is 5.58. The molecule has 0 unspecified atom stereocenters. The molecule has 6 nitrogen and oxygen atoms in total. The highest BCUT2D eigenvalue weighted by Gasteiger charge is 2.17. The molecule has 1 aromatic heterocycles. The molecule has 0 aliphatic rings. The molecule has 0 spiro atoms. The van der Waals surface area contributed by atoms with Crippen molar-refractivity contribution in [1.29, 1.82) is 0 Å². The number of nitrogens with one attached hydrogen (secondary N) is 2. The molecule has 8 heteroatoms. The number of rotatable bonds is 7. The van der Waals surface area contributed by atoms with E-state index in [-0.39, 0.29) is 10.8 Å². The van der Waals surface area contributed by atoms with Crippen molar-refractivity contribution in [2.24, 2.45) is 5.92 Å². The number of benzene rings is 3. The van der Waals surface area contributed by atoms with Crippen LogP contribution in [0.4, 0.5) is 10.8 Å². The third-order valence-corrected chi connectivity index (χ3v) is 7.39. The first-order chi connectivity index (χ1) is 15.7. The maximum absolute atomic E-state index is 12.9. The van der Waals surface area contributed by atoms with E-state index in [4.69, 9.17) is 0 Å². The Bertz CT molecular complexity index is 1390. The van der Waals surface area contributed by atoms with E-state index in [0.29, 0.717) is 22.3 Å². The average Bonchev–Trinajstić information content (AvgIpc) is 3.17. The lowest BCUT2D eigenvalue weighted by Gasteiger charge is -2.10. The molecule has 4 rings (SSSR count). The number of thiazole rings is 1. The first kappa shape index (κ1) is 22.9. The third kappa shape index (κ3) is 5.40. The van der Waals surface area contributed by atoms with Crippen molar-refractivity contribution in [1.82, 2.24) is 4.98 Å². The van der Waals surface area contributed by atoms with Crippen molar-refractivity contribution in [2.75, 3.05) is 10.0 Å². The summed E-state index contributed by atoms with van der Waals surface area (Å²) in [7, 11) is -3.73. The summed E-state index contributed by atoms with van der Waals surface area (Å²) in [6, 6.07) is 19.4. The van der Waals surface area contributed by atoms with Crippen LogP contribution in [0.3, 0.4) is 0 Å². The number of hydrogen-bond acceptors (Lipinski definition) is 5. The molecule has 1 amide bonds. The molecule has 2 N–H and O–H groups in total. The molecular weight excluding hydrogens is 454 g/mol. The Morgan fingerprint density at radius 1 is 1.03 bits per heavy atom. The standard InChI is InChI=1S/C25H25N3O3S2/c1-16(2)13-18-9-11-21(12-10-18)33(30,31)28-20-14-17(3)23-22(15-20)32-25(26-23)27-24(29)19-7-5-4-6-8-19/h4-12,14-16,28H,13H2,1-3H3,(H,26,27,29). The maximum Gasteiger partial charge on any atom is 0.261 e. The van der Waals surface area contributed by atoms with Crippen molar-refractivity contribution in [3.63, 3.8) is 0 Å². The van der Waals surface area contributed by atoms with E-state index in [9.17, 15) is 13.2 Å². The van der Waals surface area contributed by atoms with E-state index in [2.05, 4.69) is 28.9 Å². The van der Waals surface area contributed by atoms with E-state index in [1.165, 1.54) is 11.3 Å². The van der Waals surface area contributed by atoms with Crippen molar-refractivity contribution in [2.45, 2.75) is 32.1 Å². The summed E-state index contributed by atoms with van der Waals surface area (Å²) in [4.78, 5) is 17.2. The largest absolute Gasteiger partial charge is 0.298 e. The molecule has 0 radical (unpaired) electrons. The molecule has 0 saturated heterocycles. The number of hydrogen-bond donors (Lipinski definition) is 2. The Morgan fingerprint density at radius 2 is 1.73 bits per heavy atom. The van der Waals surface area contributed by atoms with Gasteiger partial charge in [0.2, 0.25) is 0 Å². The smallest absolute Gasteiger partial charge is 0.261 e. The van der Waals surface area contributed by atoms with Gasteiger partial charge in [-0.2, -0.15) is 0 Å². The van der Waals surface area contributed by atoms with E-state index in [1.54, 1.807) is 48.5 Å². The topological polar surface area (TPSA) is 88.2 Å². The third-order valence-electron chi connectivity index (χ3n) is 5.07. The second-order valence-corrected chi connectivity index (χ2v) is 11.0. The van der Waals surface area contributed by atoms with Crippen LogP contribution in [-0.2, 0) is 16.4 Å². The van der Waals surface area contributed by atoms with Crippen LogP contribution in [0.25, 0.3) is 10.2 Å². The number of nitrogens with zero attached hydrogens (tertiary/aromatic N) is 1. The minimum atomic E-state index is -3.73. The van der Waals surface area contributed by atoms with Gasteiger partial charge in [-0.15, -0.1) is 0 Å². The molecule has 3 aromatic carbocycles. The first-order valence-electron chi connectivity index (χ1n) is 10.6. The zero-order valence-electron chi connectivity index (χ0n) is 18.6. The summed E-state index contributed by atoms with van der Waals surface area (Å²) in [6.07, 6.45) is 0.901. The predicted molar refractivity (Wildman–Crippen MR) is 135 cm³/mol. The molecular formula is C25H25N3O3S2. The van der Waals surface area contributed by atoms with Gasteiger partial charge >= 0.3 is 0 Å². The van der Waals surface area contributed by atoms with Crippen LogP contribution >= 0.6 is 11.3 Å². The number of carbonyl (C=O) groups excluding carboxylic acids is 1. The zero-order chi connectivity index (χ0) is 23.6. The van der Waals surface area contributed by atoms with Gasteiger partial charge < -0.3 is 0 Å². The van der Waals surface area contributed by atoms with E-state index >= 15 is 0 Å². The van der Waals surface area contributed by atoms with Crippen LogP contribution in [0, 0.1) is 12.8 Å². The van der Waals surface area contributed by atoms with Crippen LogP contribution < -0.4 is 10.0 Å². The summed E-state index contributed by atoms with van der Waals surface area (Å²) in [6.45, 7) is 6.12. The molecule has 0 bridgehead atoms. The highest BCUT2D eigenvalue weighted by molar-refractivity contribution is 7.92. The fraction of sp³-hybridized carbons (Fsp3) is 0.200. The number of amides is 1. The molecule has 33 heavy (non-hydrogen) atoms. The first-order valence-corrected chi connectivity index (χ1v) is 12.9. The molecule has 0 aliphatic heterocycles. The number of carbonyl (C=O) groups is 1. The molecule has 0 fully saturated rings. The predicted octanol–water partition coefficient (Wildman–Crippen LogP) is 5.86. The minimum absolute atomic E-state index is 0.216. The molecule has 0 saturated carbocycles. The number of sulfonamides is 1. The number of aromatic nitrogens is 1. The lowest BCUT2D eigenvalue weighted by atomic mass is 10.0. The number of fused-ring (bicyclic) bond motifs is 1. The molecule has 1 heterocycles. The van der Waals surface area contributed by atoms with Gasteiger partial charge in [-0.05, 0) is 66.8 Å². The van der Waals surface area contributed by atoms with Gasteiger partial charge in [0, 0.05) is 5.56 Å². The molecule has 0 atom stereocenters. The van der Waals surface area contributed by atoms with Gasteiger partial charge in [-0.25, -0.2) is 13.4 Å². The van der Waals surface area contributed by atoms with E-state index < -0.39 is 10.0 Å². The summed E-state index contributed by atoms with van der Waals surface area (Å²) >= 11 is 1.30. The summed E-state index contributed by atoms with van der Waals surface area (Å²) in [5.74, 6) is 0.260. The van der Waals surface area contributed by atoms with Gasteiger partial charge in [0.05, 0.1) is 20.8 Å². The Hall–Kier alpha value is -3.23. The lowest BCUT2D eigenvalue weighted by molar-refractivity contribution is 0.102. The Balaban J connectivity index is 1.55. The van der Waals surface area contributed by atoms with Crippen LogP contribution in [0.15, 0.2) is 71.6 Å². The maximum atomic E-state index is 12.9. The van der Waals surface area contributed by atoms with Gasteiger partial charge in [0.25, 0.3) is 15.9 Å². The summed E-state index contributed by atoms with van der Waals surface area (Å²) in [5, 5.41) is 3.28. The Labute approximate surface area is 197 Å². The normalized spacial score (nSPS) is 11.6. The highest BCUT2D eigenvalue weighted by atomic mass is 32.2. The number of aryl methyl sites for hydroxylation is 1. The minimum Gasteiger partial charge on any atom is -0.298 e. The van der Waals surface area contributed by atoms with E-state index in [1.807, 2.05) is 25.1 Å². The second-order valence-electron chi connectivity index (χ2n) is 8.33. The number of anilines is 2. The van der Waals surface area contributed by atoms with Crippen molar-refractivity contribution >= 4 is 48.3 Å². The van der Waals surface area contributed by atoms with Crippen LogP contribution in [-0.4, -0.2) is 19.3 Å². The highest BCUT2D eigenvalue weighted by Crippen LogP contribution is 2.32. The Kier molecular flexibility index (Phi) is 6.49. The van der Waals surface area contributed by atoms with Crippen molar-refractivity contribution in [3.8, 4) is 0 Å². The molecule has 0 aliphatic carbocycles. The van der Waals surface area contributed by atoms with Crippen molar-refractivity contribution in [3.05, 3.63) is 83.4 Å². The molecule has 4 aromatic rings. The SMILES string of the molecule is Cc1cc(NS(=O)(=O)c2ccc(CC(C)C)cc2)cc2sc(NC(=O)c3ccccc3)nc12. The molecule has 170 valence electrons. The van der Waals surface area contributed by atoms with Crippen LogP contribution in [0.2, 0.25) is 0 Å². The van der Waals surface area contributed by atoms with Gasteiger partial charge in [0.1, 0.15) is 0 Å². The van der Waals surface area contributed by atoms with Gasteiger partial charge in [-0.1, -0.05) is 55.5 Å². The summed E-state index contributed by atoms with van der Waals surface area (Å²) < 4.78 is 29.3.